The van der Waals surface area contributed by atoms with Crippen LogP contribution in [0.5, 0.6) is 0 Å². The van der Waals surface area contributed by atoms with Crippen LogP contribution in [0.4, 0.5) is 5.69 Å². The fourth-order valence-corrected chi connectivity index (χ4v) is 2.90. The number of nitrogens with one attached hydrogen (secondary N) is 1. The van der Waals surface area contributed by atoms with Gasteiger partial charge in [0.15, 0.2) is 5.82 Å². The first-order valence-electron chi connectivity index (χ1n) is 7.13. The summed E-state index contributed by atoms with van der Waals surface area (Å²) in [5.41, 5.74) is 2.99. The van der Waals surface area contributed by atoms with Gasteiger partial charge >= 0.3 is 0 Å². The minimum absolute atomic E-state index is 0.245. The standard InChI is InChI=1S/C16H14ClN5/c1-10-9-19-13-3-2-12(17)8-14(13)22-15(10)20-21-16(22)11-4-6-18-7-5-11/h2-8,10,19H,9H2,1H3/t10-/m0/s1. The van der Waals surface area contributed by atoms with E-state index in [0.29, 0.717) is 5.02 Å². The zero-order valence-electron chi connectivity index (χ0n) is 12.0. The van der Waals surface area contributed by atoms with Crippen LogP contribution in [0.25, 0.3) is 17.1 Å². The Labute approximate surface area is 133 Å². The molecule has 3 heterocycles. The molecule has 5 nitrogen and oxygen atoms in total. The SMILES string of the molecule is C[C@H]1CNc2ccc(Cl)cc2-n2c(-c3ccncc3)nnc21. The van der Waals surface area contributed by atoms with E-state index in [1.165, 1.54) is 0 Å². The number of aromatic nitrogens is 4. The van der Waals surface area contributed by atoms with E-state index in [9.17, 15) is 0 Å². The number of halogens is 1. The van der Waals surface area contributed by atoms with Crippen LogP contribution in [0.2, 0.25) is 5.02 Å². The summed E-state index contributed by atoms with van der Waals surface area (Å²) >= 11 is 6.21. The van der Waals surface area contributed by atoms with Crippen LogP contribution < -0.4 is 5.32 Å². The van der Waals surface area contributed by atoms with E-state index in [-0.39, 0.29) is 5.92 Å². The van der Waals surface area contributed by atoms with Gasteiger partial charge in [-0.3, -0.25) is 9.55 Å². The molecule has 0 fully saturated rings. The van der Waals surface area contributed by atoms with E-state index in [0.717, 1.165) is 35.1 Å². The predicted octanol–water partition coefficient (Wildman–Crippen LogP) is 3.51. The summed E-state index contributed by atoms with van der Waals surface area (Å²) in [4.78, 5) is 4.07. The van der Waals surface area contributed by atoms with Crippen molar-refractivity contribution in [3.8, 4) is 17.1 Å². The number of nitrogens with zero attached hydrogens (tertiary/aromatic N) is 4. The minimum Gasteiger partial charge on any atom is -0.383 e. The molecular formula is C16H14ClN5. The second kappa shape index (κ2) is 5.10. The number of hydrogen-bond acceptors (Lipinski definition) is 4. The Morgan fingerprint density at radius 2 is 2.00 bits per heavy atom. The van der Waals surface area contributed by atoms with Crippen LogP contribution in [0, 0.1) is 0 Å². The van der Waals surface area contributed by atoms with Crippen LogP contribution in [-0.2, 0) is 0 Å². The van der Waals surface area contributed by atoms with Crippen molar-refractivity contribution in [3.63, 3.8) is 0 Å². The molecule has 1 N–H and O–H groups in total. The number of fused-ring (bicyclic) bond motifs is 3. The normalized spacial score (nSPS) is 16.4. The second-order valence-corrected chi connectivity index (χ2v) is 5.83. The van der Waals surface area contributed by atoms with Crippen LogP contribution in [-0.4, -0.2) is 26.3 Å². The fourth-order valence-electron chi connectivity index (χ4n) is 2.73. The van der Waals surface area contributed by atoms with E-state index in [2.05, 4.69) is 32.0 Å². The highest BCUT2D eigenvalue weighted by molar-refractivity contribution is 6.30. The molecule has 0 radical (unpaired) electrons. The lowest BCUT2D eigenvalue weighted by Gasteiger charge is -2.12. The largest absolute Gasteiger partial charge is 0.383 e. The highest BCUT2D eigenvalue weighted by Crippen LogP contribution is 2.34. The molecule has 3 aromatic rings. The lowest BCUT2D eigenvalue weighted by Crippen LogP contribution is -2.09. The molecule has 2 aromatic heterocycles. The summed E-state index contributed by atoms with van der Waals surface area (Å²) in [6, 6.07) is 9.70. The molecule has 0 saturated heterocycles. The third-order valence-corrected chi connectivity index (χ3v) is 4.10. The highest BCUT2D eigenvalue weighted by atomic mass is 35.5. The Morgan fingerprint density at radius 1 is 1.18 bits per heavy atom. The second-order valence-electron chi connectivity index (χ2n) is 5.40. The molecule has 0 aliphatic carbocycles. The van der Waals surface area contributed by atoms with E-state index in [1.807, 2.05) is 30.3 Å². The van der Waals surface area contributed by atoms with Gasteiger partial charge in [0.1, 0.15) is 5.82 Å². The van der Waals surface area contributed by atoms with Crippen molar-refractivity contribution in [2.24, 2.45) is 0 Å². The van der Waals surface area contributed by atoms with Gasteiger partial charge < -0.3 is 5.32 Å². The number of benzene rings is 1. The molecule has 0 amide bonds. The van der Waals surface area contributed by atoms with Crippen LogP contribution in [0.3, 0.4) is 0 Å². The molecule has 0 bridgehead atoms. The molecule has 110 valence electrons. The molecule has 1 atom stereocenters. The highest BCUT2D eigenvalue weighted by Gasteiger charge is 2.25. The van der Waals surface area contributed by atoms with Crippen LogP contribution >= 0.6 is 11.6 Å². The lowest BCUT2D eigenvalue weighted by molar-refractivity contribution is 0.725. The minimum atomic E-state index is 0.245. The van der Waals surface area contributed by atoms with Gasteiger partial charge in [-0.15, -0.1) is 10.2 Å². The Kier molecular flexibility index (Phi) is 3.08. The van der Waals surface area contributed by atoms with Crippen molar-refractivity contribution in [1.29, 1.82) is 0 Å². The van der Waals surface area contributed by atoms with Gasteiger partial charge in [-0.25, -0.2) is 0 Å². The first-order valence-corrected chi connectivity index (χ1v) is 7.51. The molecule has 22 heavy (non-hydrogen) atoms. The summed E-state index contributed by atoms with van der Waals surface area (Å²) in [5, 5.41) is 13.0. The van der Waals surface area contributed by atoms with E-state index < -0.39 is 0 Å². The summed E-state index contributed by atoms with van der Waals surface area (Å²) < 4.78 is 2.08. The summed E-state index contributed by atoms with van der Waals surface area (Å²) in [7, 11) is 0. The number of rotatable bonds is 1. The Balaban J connectivity index is 2.01. The van der Waals surface area contributed by atoms with Gasteiger partial charge in [0.25, 0.3) is 0 Å². The van der Waals surface area contributed by atoms with Crippen molar-refractivity contribution < 1.29 is 0 Å². The Hall–Kier alpha value is -2.40. The van der Waals surface area contributed by atoms with Gasteiger partial charge in [-0.1, -0.05) is 18.5 Å². The molecule has 6 heteroatoms. The fraction of sp³-hybridized carbons (Fsp3) is 0.188. The molecular weight excluding hydrogens is 298 g/mol. The summed E-state index contributed by atoms with van der Waals surface area (Å²) in [5.74, 6) is 1.98. The summed E-state index contributed by atoms with van der Waals surface area (Å²) in [6.45, 7) is 2.94. The van der Waals surface area contributed by atoms with Gasteiger partial charge in [0.05, 0.1) is 11.4 Å². The van der Waals surface area contributed by atoms with Crippen molar-refractivity contribution in [2.45, 2.75) is 12.8 Å². The number of pyridine rings is 1. The maximum Gasteiger partial charge on any atom is 0.168 e. The smallest absolute Gasteiger partial charge is 0.168 e. The maximum atomic E-state index is 6.21. The molecule has 0 saturated carbocycles. The monoisotopic (exact) mass is 311 g/mol. The van der Waals surface area contributed by atoms with E-state index in [1.54, 1.807) is 12.4 Å². The van der Waals surface area contributed by atoms with Gasteiger partial charge in [0.2, 0.25) is 0 Å². The average molecular weight is 312 g/mol. The van der Waals surface area contributed by atoms with Crippen molar-refractivity contribution in [3.05, 3.63) is 53.6 Å². The summed E-state index contributed by atoms with van der Waals surface area (Å²) in [6.07, 6.45) is 3.52. The van der Waals surface area contributed by atoms with E-state index >= 15 is 0 Å². The molecule has 0 spiro atoms. The molecule has 1 aliphatic rings. The topological polar surface area (TPSA) is 55.6 Å². The molecule has 4 rings (SSSR count). The molecule has 1 aliphatic heterocycles. The van der Waals surface area contributed by atoms with Crippen molar-refractivity contribution in [1.82, 2.24) is 19.7 Å². The van der Waals surface area contributed by atoms with E-state index in [4.69, 9.17) is 11.6 Å². The number of anilines is 1. The Morgan fingerprint density at radius 3 is 2.82 bits per heavy atom. The van der Waals surface area contributed by atoms with Crippen LogP contribution in [0.15, 0.2) is 42.7 Å². The number of hydrogen-bond donors (Lipinski definition) is 1. The zero-order valence-corrected chi connectivity index (χ0v) is 12.7. The predicted molar refractivity (Wildman–Crippen MR) is 86.5 cm³/mol. The third kappa shape index (κ3) is 2.05. The van der Waals surface area contributed by atoms with Crippen molar-refractivity contribution in [2.75, 3.05) is 11.9 Å². The van der Waals surface area contributed by atoms with Crippen molar-refractivity contribution >= 4 is 17.3 Å². The average Bonchev–Trinajstić information content (AvgIpc) is 2.94. The quantitative estimate of drug-likeness (QED) is 0.747. The third-order valence-electron chi connectivity index (χ3n) is 3.87. The molecule has 0 unspecified atom stereocenters. The van der Waals surface area contributed by atoms with Gasteiger partial charge in [-0.2, -0.15) is 0 Å². The van der Waals surface area contributed by atoms with Gasteiger partial charge in [0, 0.05) is 35.4 Å². The first-order chi connectivity index (χ1) is 10.7. The maximum absolute atomic E-state index is 6.21. The lowest BCUT2D eigenvalue weighted by atomic mass is 10.1. The van der Waals surface area contributed by atoms with Crippen LogP contribution in [0.1, 0.15) is 18.7 Å². The first kappa shape index (κ1) is 13.3. The molecule has 1 aromatic carbocycles. The van der Waals surface area contributed by atoms with Gasteiger partial charge in [-0.05, 0) is 30.3 Å². The Bertz CT molecular complexity index is 828. The zero-order chi connectivity index (χ0) is 15.1.